The van der Waals surface area contributed by atoms with Gasteiger partial charge >= 0.3 is 0 Å². The highest BCUT2D eigenvalue weighted by atomic mass is 32.2. The molecule has 0 bridgehead atoms. The summed E-state index contributed by atoms with van der Waals surface area (Å²) in [6, 6.07) is 0.672. The molecule has 1 aliphatic rings. The number of aliphatic hydroxyl groups excluding tert-OH is 2. The summed E-state index contributed by atoms with van der Waals surface area (Å²) in [5, 5.41) is 27.3. The summed E-state index contributed by atoms with van der Waals surface area (Å²) >= 11 is 1.55. The number of aryl methyl sites for hydroxylation is 2. The number of hydrogen-bond acceptors (Lipinski definition) is 5. The Kier molecular flexibility index (Phi) is 4.66. The maximum Gasteiger partial charge on any atom is 0.0985 e. The second kappa shape index (κ2) is 6.06. The molecule has 1 fully saturated rings. The molecular weight excluding hydrogens is 250 g/mol. The Hall–Kier alpha value is -0.560. The zero-order valence-electron chi connectivity index (χ0n) is 10.9. The van der Waals surface area contributed by atoms with E-state index in [1.165, 1.54) is 18.4 Å². The van der Waals surface area contributed by atoms with Crippen molar-refractivity contribution in [3.8, 4) is 0 Å². The molecule has 0 aromatic carbocycles. The van der Waals surface area contributed by atoms with Crippen LogP contribution in [0.1, 0.15) is 24.1 Å². The molecule has 1 aliphatic carbocycles. The van der Waals surface area contributed by atoms with Crippen LogP contribution < -0.4 is 5.32 Å². The van der Waals surface area contributed by atoms with Crippen LogP contribution in [0.15, 0.2) is 5.03 Å². The van der Waals surface area contributed by atoms with Gasteiger partial charge in [0.15, 0.2) is 0 Å². The molecule has 18 heavy (non-hydrogen) atoms. The molecule has 1 atom stereocenters. The number of hydrogen-bond donors (Lipinski definition) is 3. The average molecular weight is 271 g/mol. The topological polar surface area (TPSA) is 70.3 Å². The van der Waals surface area contributed by atoms with E-state index in [0.717, 1.165) is 17.3 Å². The summed E-state index contributed by atoms with van der Waals surface area (Å²) in [7, 11) is 1.92. The third-order valence-corrected chi connectivity index (χ3v) is 4.39. The standard InChI is InChI=1S/C12H21N3O2S/c1-8-11(5-13-9-3-4-9)12(15(2)14-8)18-7-10(17)6-16/h9-10,13,16-17H,3-7H2,1-2H3. The summed E-state index contributed by atoms with van der Waals surface area (Å²) in [4.78, 5) is 0. The van der Waals surface area contributed by atoms with Crippen LogP contribution in [0.25, 0.3) is 0 Å². The van der Waals surface area contributed by atoms with Gasteiger partial charge in [0.1, 0.15) is 0 Å². The first-order valence-electron chi connectivity index (χ1n) is 6.29. The van der Waals surface area contributed by atoms with E-state index in [1.807, 2.05) is 18.7 Å². The lowest BCUT2D eigenvalue weighted by atomic mass is 10.2. The Labute approximate surface area is 112 Å². The maximum atomic E-state index is 9.42. The molecule has 0 amide bonds. The quantitative estimate of drug-likeness (QED) is 0.627. The minimum Gasteiger partial charge on any atom is -0.394 e. The highest BCUT2D eigenvalue weighted by molar-refractivity contribution is 7.99. The van der Waals surface area contributed by atoms with Crippen molar-refractivity contribution < 1.29 is 10.2 Å². The molecule has 1 unspecified atom stereocenters. The van der Waals surface area contributed by atoms with Crippen LogP contribution in [0, 0.1) is 6.92 Å². The lowest BCUT2D eigenvalue weighted by Gasteiger charge is -2.09. The van der Waals surface area contributed by atoms with Crippen LogP contribution in [-0.2, 0) is 13.6 Å². The van der Waals surface area contributed by atoms with Gasteiger partial charge in [-0.15, -0.1) is 11.8 Å². The predicted molar refractivity (Wildman–Crippen MR) is 71.6 cm³/mol. The zero-order chi connectivity index (χ0) is 13.1. The molecule has 0 spiro atoms. The first-order chi connectivity index (χ1) is 8.61. The van der Waals surface area contributed by atoms with E-state index >= 15 is 0 Å². The second-order valence-corrected chi connectivity index (χ2v) is 5.80. The molecule has 0 saturated heterocycles. The van der Waals surface area contributed by atoms with Crippen LogP contribution in [0.5, 0.6) is 0 Å². The Bertz CT molecular complexity index is 404. The van der Waals surface area contributed by atoms with Crippen LogP contribution in [0.4, 0.5) is 0 Å². The molecule has 1 aromatic heterocycles. The lowest BCUT2D eigenvalue weighted by Crippen LogP contribution is -2.17. The molecular formula is C12H21N3O2S. The molecule has 0 radical (unpaired) electrons. The van der Waals surface area contributed by atoms with Gasteiger partial charge in [-0.1, -0.05) is 0 Å². The van der Waals surface area contributed by atoms with Crippen LogP contribution in [0.3, 0.4) is 0 Å². The van der Waals surface area contributed by atoms with Crippen molar-refractivity contribution in [2.75, 3.05) is 12.4 Å². The molecule has 1 heterocycles. The fourth-order valence-corrected chi connectivity index (χ4v) is 2.90. The SMILES string of the molecule is Cc1nn(C)c(SCC(O)CO)c1CNC1CC1. The van der Waals surface area contributed by atoms with Crippen molar-refractivity contribution >= 4 is 11.8 Å². The zero-order valence-corrected chi connectivity index (χ0v) is 11.7. The predicted octanol–water partition coefficient (Wildman–Crippen LogP) is 0.426. The van der Waals surface area contributed by atoms with Crippen LogP contribution in [0.2, 0.25) is 0 Å². The fourth-order valence-electron chi connectivity index (χ4n) is 1.83. The summed E-state index contributed by atoms with van der Waals surface area (Å²) < 4.78 is 1.86. The third-order valence-electron chi connectivity index (χ3n) is 3.06. The monoisotopic (exact) mass is 271 g/mol. The Morgan fingerprint density at radius 3 is 2.89 bits per heavy atom. The summed E-state index contributed by atoms with van der Waals surface area (Å²) in [5.74, 6) is 0.492. The number of nitrogens with one attached hydrogen (secondary N) is 1. The largest absolute Gasteiger partial charge is 0.394 e. The first-order valence-corrected chi connectivity index (χ1v) is 7.28. The summed E-state index contributed by atoms with van der Waals surface area (Å²) in [5.41, 5.74) is 2.24. The number of rotatable bonds is 7. The van der Waals surface area contributed by atoms with Crippen molar-refractivity contribution in [1.29, 1.82) is 0 Å². The van der Waals surface area contributed by atoms with E-state index in [-0.39, 0.29) is 6.61 Å². The number of thioether (sulfide) groups is 1. The highest BCUT2D eigenvalue weighted by Gasteiger charge is 2.22. The average Bonchev–Trinajstić information content (AvgIpc) is 3.12. The molecule has 2 rings (SSSR count). The van der Waals surface area contributed by atoms with E-state index in [4.69, 9.17) is 5.11 Å². The van der Waals surface area contributed by atoms with Gasteiger partial charge < -0.3 is 15.5 Å². The number of nitrogens with zero attached hydrogens (tertiary/aromatic N) is 2. The maximum absolute atomic E-state index is 9.42. The van der Waals surface area contributed by atoms with Gasteiger partial charge in [-0.05, 0) is 19.8 Å². The molecule has 0 aliphatic heterocycles. The minimum atomic E-state index is -0.672. The van der Waals surface area contributed by atoms with Gasteiger partial charge in [-0.2, -0.15) is 5.10 Å². The highest BCUT2D eigenvalue weighted by Crippen LogP contribution is 2.27. The normalized spacial score (nSPS) is 17.1. The summed E-state index contributed by atoms with van der Waals surface area (Å²) in [6.07, 6.45) is 1.87. The molecule has 3 N–H and O–H groups in total. The van der Waals surface area contributed by atoms with Gasteiger partial charge in [0.05, 0.1) is 23.4 Å². The van der Waals surface area contributed by atoms with E-state index in [9.17, 15) is 5.11 Å². The van der Waals surface area contributed by atoms with E-state index in [0.29, 0.717) is 11.8 Å². The number of aliphatic hydroxyl groups is 2. The van der Waals surface area contributed by atoms with Crippen LogP contribution in [-0.4, -0.2) is 44.5 Å². The van der Waals surface area contributed by atoms with E-state index in [1.54, 1.807) is 11.8 Å². The van der Waals surface area contributed by atoms with Gasteiger partial charge in [0.25, 0.3) is 0 Å². The Balaban J connectivity index is 2.01. The van der Waals surface area contributed by atoms with Crippen molar-refractivity contribution in [2.45, 2.75) is 43.5 Å². The lowest BCUT2D eigenvalue weighted by molar-refractivity contribution is 0.113. The third kappa shape index (κ3) is 3.47. The molecule has 6 heteroatoms. The Morgan fingerprint density at radius 2 is 2.28 bits per heavy atom. The molecule has 1 aromatic rings. The molecule has 1 saturated carbocycles. The first kappa shape index (κ1) is 13.9. The van der Waals surface area contributed by atoms with Gasteiger partial charge in [-0.3, -0.25) is 4.68 Å². The molecule has 102 valence electrons. The van der Waals surface area contributed by atoms with E-state index < -0.39 is 6.10 Å². The van der Waals surface area contributed by atoms with E-state index in [2.05, 4.69) is 10.4 Å². The summed E-state index contributed by atoms with van der Waals surface area (Å²) in [6.45, 7) is 2.65. The van der Waals surface area contributed by atoms with Crippen molar-refractivity contribution in [3.05, 3.63) is 11.3 Å². The van der Waals surface area contributed by atoms with Crippen molar-refractivity contribution in [2.24, 2.45) is 7.05 Å². The second-order valence-electron chi connectivity index (χ2n) is 4.80. The smallest absolute Gasteiger partial charge is 0.0985 e. The molecule has 5 nitrogen and oxygen atoms in total. The van der Waals surface area contributed by atoms with Gasteiger partial charge in [0, 0.05) is 31.0 Å². The minimum absolute atomic E-state index is 0.195. The fraction of sp³-hybridized carbons (Fsp3) is 0.750. The van der Waals surface area contributed by atoms with Gasteiger partial charge in [-0.25, -0.2) is 0 Å². The van der Waals surface area contributed by atoms with Gasteiger partial charge in [0.2, 0.25) is 0 Å². The Morgan fingerprint density at radius 1 is 1.56 bits per heavy atom. The van der Waals surface area contributed by atoms with Crippen molar-refractivity contribution in [1.82, 2.24) is 15.1 Å². The number of aromatic nitrogens is 2. The van der Waals surface area contributed by atoms with Crippen LogP contribution >= 0.6 is 11.8 Å². The van der Waals surface area contributed by atoms with Crippen molar-refractivity contribution in [3.63, 3.8) is 0 Å².